The Morgan fingerprint density at radius 2 is 2.00 bits per heavy atom. The molecule has 1 saturated carbocycles. The zero-order chi connectivity index (χ0) is 19.7. The Kier molecular flexibility index (Phi) is 5.80. The van der Waals surface area contributed by atoms with Gasteiger partial charge < -0.3 is 14.4 Å². The van der Waals surface area contributed by atoms with E-state index < -0.39 is 0 Å². The third kappa shape index (κ3) is 4.00. The van der Waals surface area contributed by atoms with Gasteiger partial charge in [-0.15, -0.1) is 5.10 Å². The molecule has 2 aromatic rings. The summed E-state index contributed by atoms with van der Waals surface area (Å²) in [7, 11) is 0. The molecule has 1 saturated heterocycles. The number of ether oxygens (including phenoxy) is 2. The second kappa shape index (κ2) is 8.31. The van der Waals surface area contributed by atoms with Crippen LogP contribution in [0.15, 0.2) is 24.3 Å². The summed E-state index contributed by atoms with van der Waals surface area (Å²) in [5.41, 5.74) is 1.76. The fraction of sp³-hybridized carbons (Fsp3) is 0.500. The second-order valence-corrected chi connectivity index (χ2v) is 8.14. The van der Waals surface area contributed by atoms with Crippen LogP contribution in [0.3, 0.4) is 0 Å². The van der Waals surface area contributed by atoms with Crippen LogP contribution in [0.1, 0.15) is 18.5 Å². The van der Waals surface area contributed by atoms with Gasteiger partial charge in [0, 0.05) is 36.7 Å². The van der Waals surface area contributed by atoms with Crippen molar-refractivity contribution in [2.45, 2.75) is 19.8 Å². The van der Waals surface area contributed by atoms with Crippen LogP contribution in [0.25, 0.3) is 5.69 Å². The first-order valence-electron chi connectivity index (χ1n) is 9.54. The average molecular weight is 424 g/mol. The molecular weight excluding hydrogens is 401 g/mol. The van der Waals surface area contributed by atoms with Gasteiger partial charge in [-0.3, -0.25) is 4.79 Å². The molecule has 1 aliphatic heterocycles. The topological polar surface area (TPSA) is 56.6 Å². The summed E-state index contributed by atoms with van der Waals surface area (Å²) in [5.74, 6) is 1.08. The van der Waals surface area contributed by atoms with Crippen LogP contribution in [0, 0.1) is 18.8 Å². The first kappa shape index (κ1) is 19.6. The van der Waals surface area contributed by atoms with E-state index in [-0.39, 0.29) is 17.7 Å². The summed E-state index contributed by atoms with van der Waals surface area (Å²) < 4.78 is 13.0. The molecule has 4 rings (SSSR count). The minimum absolute atomic E-state index is 0.0522. The van der Waals surface area contributed by atoms with E-state index in [2.05, 4.69) is 5.10 Å². The predicted octanol–water partition coefficient (Wildman–Crippen LogP) is 3.75. The number of carbonyl (C=O) groups is 1. The van der Waals surface area contributed by atoms with Gasteiger partial charge in [0.15, 0.2) is 0 Å². The van der Waals surface area contributed by atoms with Gasteiger partial charge >= 0.3 is 0 Å². The van der Waals surface area contributed by atoms with Crippen LogP contribution < -0.4 is 4.74 Å². The van der Waals surface area contributed by atoms with Gasteiger partial charge in [0.25, 0.3) is 0 Å². The lowest BCUT2D eigenvalue weighted by Crippen LogP contribution is -2.49. The number of halogens is 2. The maximum atomic E-state index is 12.7. The number of nitrogens with zero attached hydrogens (tertiary/aromatic N) is 3. The molecule has 2 heterocycles. The maximum Gasteiger partial charge on any atom is 0.233 e. The molecule has 0 radical (unpaired) electrons. The fourth-order valence-electron chi connectivity index (χ4n) is 3.70. The Bertz CT molecular complexity index is 864. The van der Waals surface area contributed by atoms with E-state index >= 15 is 0 Å². The summed E-state index contributed by atoms with van der Waals surface area (Å²) in [6.45, 7) is 5.09. The summed E-state index contributed by atoms with van der Waals surface area (Å²) in [6.07, 6.45) is 1.94. The molecule has 1 aromatic carbocycles. The highest BCUT2D eigenvalue weighted by molar-refractivity contribution is 6.42. The van der Waals surface area contributed by atoms with Gasteiger partial charge in [0.2, 0.25) is 11.8 Å². The molecule has 28 heavy (non-hydrogen) atoms. The van der Waals surface area contributed by atoms with Gasteiger partial charge in [-0.2, -0.15) is 0 Å². The van der Waals surface area contributed by atoms with Gasteiger partial charge in [-0.05, 0) is 38.0 Å². The molecule has 0 spiro atoms. The van der Waals surface area contributed by atoms with Gasteiger partial charge in [0.05, 0.1) is 35.6 Å². The van der Waals surface area contributed by atoms with E-state index in [0.29, 0.717) is 48.8 Å². The maximum absolute atomic E-state index is 12.7. The zero-order valence-corrected chi connectivity index (χ0v) is 17.2. The number of morpholine rings is 1. The van der Waals surface area contributed by atoms with Crippen molar-refractivity contribution in [2.24, 2.45) is 11.8 Å². The number of aromatic nitrogens is 2. The number of carbonyl (C=O) groups excluding carboxylic acids is 1. The van der Waals surface area contributed by atoms with Crippen molar-refractivity contribution in [3.63, 3.8) is 0 Å². The molecule has 1 aromatic heterocycles. The zero-order valence-electron chi connectivity index (χ0n) is 15.7. The third-order valence-electron chi connectivity index (χ3n) is 5.52. The lowest BCUT2D eigenvalue weighted by Gasteiger charge is -2.39. The first-order valence-corrected chi connectivity index (χ1v) is 10.3. The van der Waals surface area contributed by atoms with Crippen molar-refractivity contribution < 1.29 is 14.3 Å². The van der Waals surface area contributed by atoms with Crippen LogP contribution in [0.2, 0.25) is 10.0 Å². The summed E-state index contributed by atoms with van der Waals surface area (Å²) in [6, 6.07) is 7.27. The number of amides is 1. The Balaban J connectivity index is 1.37. The van der Waals surface area contributed by atoms with Crippen LogP contribution in [-0.2, 0) is 9.53 Å². The fourth-order valence-corrected chi connectivity index (χ4v) is 3.99. The molecule has 2 atom stereocenters. The number of rotatable bonds is 5. The van der Waals surface area contributed by atoms with E-state index in [1.165, 1.54) is 0 Å². The first-order chi connectivity index (χ1) is 13.5. The van der Waals surface area contributed by atoms with Crippen LogP contribution >= 0.6 is 23.2 Å². The highest BCUT2D eigenvalue weighted by Crippen LogP contribution is 2.36. The van der Waals surface area contributed by atoms with E-state index in [9.17, 15) is 4.79 Å². The summed E-state index contributed by atoms with van der Waals surface area (Å²) in [4.78, 5) is 14.6. The van der Waals surface area contributed by atoms with E-state index in [0.717, 1.165) is 24.2 Å². The smallest absolute Gasteiger partial charge is 0.233 e. The molecule has 2 aliphatic rings. The standard InChI is InChI=1S/C20H23Cl2N3O3/c1-13-10-19(23-25(13)15-3-5-17(21)18(22)11-15)28-12-14-2-4-16(14)20(26)24-6-8-27-9-7-24/h3,5,10-11,14,16H,2,4,6-9,12H2,1H3/t14-,16+/m0/s1. The highest BCUT2D eigenvalue weighted by Gasteiger charge is 2.39. The normalized spacial score (nSPS) is 22.0. The monoisotopic (exact) mass is 423 g/mol. The number of hydrogen-bond donors (Lipinski definition) is 0. The third-order valence-corrected chi connectivity index (χ3v) is 6.25. The quantitative estimate of drug-likeness (QED) is 0.734. The van der Waals surface area contributed by atoms with E-state index in [1.54, 1.807) is 16.8 Å². The van der Waals surface area contributed by atoms with Crippen LogP contribution in [0.4, 0.5) is 0 Å². The van der Waals surface area contributed by atoms with Crippen molar-refractivity contribution in [1.82, 2.24) is 14.7 Å². The highest BCUT2D eigenvalue weighted by atomic mass is 35.5. The lowest BCUT2D eigenvalue weighted by atomic mass is 9.73. The van der Waals surface area contributed by atoms with Gasteiger partial charge in [-0.25, -0.2) is 4.68 Å². The molecule has 0 bridgehead atoms. The summed E-state index contributed by atoms with van der Waals surface area (Å²) in [5, 5.41) is 5.51. The van der Waals surface area contributed by atoms with Crippen molar-refractivity contribution in [1.29, 1.82) is 0 Å². The minimum Gasteiger partial charge on any atom is -0.476 e. The number of hydrogen-bond acceptors (Lipinski definition) is 4. The summed E-state index contributed by atoms with van der Waals surface area (Å²) >= 11 is 12.1. The van der Waals surface area contributed by atoms with Crippen LogP contribution in [0.5, 0.6) is 5.88 Å². The van der Waals surface area contributed by atoms with Crippen molar-refractivity contribution >= 4 is 29.1 Å². The van der Waals surface area contributed by atoms with Crippen molar-refractivity contribution in [2.75, 3.05) is 32.9 Å². The van der Waals surface area contributed by atoms with Crippen molar-refractivity contribution in [3.05, 3.63) is 40.0 Å². The average Bonchev–Trinajstić information content (AvgIpc) is 3.04. The largest absolute Gasteiger partial charge is 0.476 e. The number of aryl methyl sites for hydroxylation is 1. The van der Waals surface area contributed by atoms with Gasteiger partial charge in [-0.1, -0.05) is 23.2 Å². The Labute approximate surface area is 174 Å². The Morgan fingerprint density at radius 1 is 1.21 bits per heavy atom. The molecular formula is C20H23Cl2N3O3. The van der Waals surface area contributed by atoms with E-state index in [4.69, 9.17) is 32.7 Å². The molecule has 1 amide bonds. The lowest BCUT2D eigenvalue weighted by molar-refractivity contribution is -0.146. The molecule has 1 aliphatic carbocycles. The van der Waals surface area contributed by atoms with Crippen LogP contribution in [-0.4, -0.2) is 53.5 Å². The molecule has 8 heteroatoms. The Hall–Kier alpha value is -1.76. The van der Waals surface area contributed by atoms with E-state index in [1.807, 2.05) is 24.0 Å². The molecule has 150 valence electrons. The molecule has 6 nitrogen and oxygen atoms in total. The predicted molar refractivity (Wildman–Crippen MR) is 107 cm³/mol. The minimum atomic E-state index is 0.0522. The Morgan fingerprint density at radius 3 is 2.68 bits per heavy atom. The second-order valence-electron chi connectivity index (χ2n) is 7.33. The molecule has 0 unspecified atom stereocenters. The number of benzene rings is 1. The molecule has 2 fully saturated rings. The van der Waals surface area contributed by atoms with Crippen molar-refractivity contribution in [3.8, 4) is 11.6 Å². The van der Waals surface area contributed by atoms with Gasteiger partial charge in [0.1, 0.15) is 0 Å². The molecule has 0 N–H and O–H groups in total. The SMILES string of the molecule is Cc1cc(OC[C@@H]2CC[C@H]2C(=O)N2CCOCC2)nn1-c1ccc(Cl)c(Cl)c1.